The van der Waals surface area contributed by atoms with Gasteiger partial charge in [-0.2, -0.15) is 13.2 Å². The fourth-order valence-corrected chi connectivity index (χ4v) is 3.01. The van der Waals surface area contributed by atoms with Gasteiger partial charge in [-0.25, -0.2) is 0 Å². The average molecular weight is 369 g/mol. The highest BCUT2D eigenvalue weighted by molar-refractivity contribution is 7.99. The summed E-state index contributed by atoms with van der Waals surface area (Å²) in [4.78, 5) is 11.8. The molecule has 2 N–H and O–H groups in total. The number of carbonyl (C=O) groups is 1. The van der Waals surface area contributed by atoms with Gasteiger partial charge in [-0.05, 0) is 11.1 Å². The van der Waals surface area contributed by atoms with Gasteiger partial charge in [-0.15, -0.1) is 11.8 Å². The number of alkyl halides is 3. The van der Waals surface area contributed by atoms with Gasteiger partial charge in [0.25, 0.3) is 0 Å². The van der Waals surface area contributed by atoms with E-state index in [4.69, 9.17) is 0 Å². The van der Waals surface area contributed by atoms with Gasteiger partial charge in [-0.1, -0.05) is 60.7 Å². The van der Waals surface area contributed by atoms with E-state index in [2.05, 4.69) is 5.32 Å². The van der Waals surface area contributed by atoms with Crippen LogP contribution >= 0.6 is 11.8 Å². The lowest BCUT2D eigenvalue weighted by atomic mass is 9.93. The Morgan fingerprint density at radius 2 is 1.56 bits per heavy atom. The van der Waals surface area contributed by atoms with Crippen LogP contribution in [0.25, 0.3) is 0 Å². The van der Waals surface area contributed by atoms with Crippen molar-refractivity contribution >= 4 is 17.7 Å². The molecule has 0 aliphatic carbocycles. The van der Waals surface area contributed by atoms with Gasteiger partial charge in [0.05, 0.1) is 12.3 Å². The Balaban J connectivity index is 1.91. The zero-order valence-corrected chi connectivity index (χ0v) is 14.1. The van der Waals surface area contributed by atoms with E-state index in [1.165, 1.54) is 36.0 Å². The van der Waals surface area contributed by atoms with Gasteiger partial charge in [-0.3, -0.25) is 4.79 Å². The van der Waals surface area contributed by atoms with Crippen molar-refractivity contribution < 1.29 is 23.1 Å². The molecule has 0 bridgehead atoms. The number of rotatable bonds is 7. The quantitative estimate of drug-likeness (QED) is 0.786. The van der Waals surface area contributed by atoms with Gasteiger partial charge in [0, 0.05) is 5.75 Å². The lowest BCUT2D eigenvalue weighted by Crippen LogP contribution is -2.51. The lowest BCUT2D eigenvalue weighted by Gasteiger charge is -2.31. The molecule has 0 radical (unpaired) electrons. The van der Waals surface area contributed by atoms with Crippen LogP contribution in [0.1, 0.15) is 11.1 Å². The van der Waals surface area contributed by atoms with E-state index in [-0.39, 0.29) is 11.3 Å². The number of thioether (sulfide) groups is 1. The van der Waals surface area contributed by atoms with Crippen molar-refractivity contribution in [2.75, 3.05) is 12.3 Å². The van der Waals surface area contributed by atoms with Gasteiger partial charge in [0.2, 0.25) is 11.5 Å². The molecular weight excluding hydrogens is 351 g/mol. The molecule has 2 aromatic rings. The van der Waals surface area contributed by atoms with Crippen LogP contribution in [0.15, 0.2) is 60.7 Å². The van der Waals surface area contributed by atoms with Crippen molar-refractivity contribution in [3.63, 3.8) is 0 Å². The summed E-state index contributed by atoms with van der Waals surface area (Å²) in [6.07, 6.45) is -4.90. The maximum Gasteiger partial charge on any atom is 0.423 e. The van der Waals surface area contributed by atoms with E-state index in [9.17, 15) is 23.1 Å². The molecule has 2 aromatic carbocycles. The summed E-state index contributed by atoms with van der Waals surface area (Å²) in [5, 5.41) is 12.3. The lowest BCUT2D eigenvalue weighted by molar-refractivity contribution is -0.264. The van der Waals surface area contributed by atoms with Crippen LogP contribution in [0.4, 0.5) is 13.2 Å². The van der Waals surface area contributed by atoms with Crippen molar-refractivity contribution in [2.24, 2.45) is 0 Å². The third-order valence-electron chi connectivity index (χ3n) is 3.61. The number of hydrogen-bond donors (Lipinski definition) is 2. The minimum absolute atomic E-state index is 0.0115. The zero-order valence-electron chi connectivity index (χ0n) is 13.3. The highest BCUT2D eigenvalue weighted by Crippen LogP contribution is 2.38. The summed E-state index contributed by atoms with van der Waals surface area (Å²) in [6.45, 7) is -0.925. The minimum atomic E-state index is -4.90. The highest BCUT2D eigenvalue weighted by atomic mass is 32.2. The number of amides is 1. The minimum Gasteiger partial charge on any atom is -0.375 e. The SMILES string of the molecule is O=C(CSCc1ccccc1)NC[C@@](O)(c1ccccc1)C(F)(F)F. The summed E-state index contributed by atoms with van der Waals surface area (Å²) in [5.74, 6) is 0.0354. The second-order valence-corrected chi connectivity index (χ2v) is 6.46. The van der Waals surface area contributed by atoms with Crippen LogP contribution in [-0.2, 0) is 16.1 Å². The number of nitrogens with one attached hydrogen (secondary N) is 1. The summed E-state index contributed by atoms with van der Waals surface area (Å²) in [6, 6.07) is 16.2. The predicted molar refractivity (Wildman–Crippen MR) is 92.0 cm³/mol. The number of halogens is 3. The topological polar surface area (TPSA) is 49.3 Å². The Bertz CT molecular complexity index is 680. The first-order valence-corrected chi connectivity index (χ1v) is 8.71. The standard InChI is InChI=1S/C18H18F3NO2S/c19-18(20,21)17(24,15-9-5-2-6-10-15)13-22-16(23)12-25-11-14-7-3-1-4-8-14/h1-10,24H,11-13H2,(H,22,23)/t17-/m1/s1. The Morgan fingerprint density at radius 1 is 1.00 bits per heavy atom. The van der Waals surface area contributed by atoms with E-state index in [0.29, 0.717) is 5.75 Å². The number of benzene rings is 2. The third-order valence-corrected chi connectivity index (χ3v) is 4.61. The molecule has 0 saturated carbocycles. The number of hydrogen-bond acceptors (Lipinski definition) is 3. The normalized spacial score (nSPS) is 13.9. The molecule has 7 heteroatoms. The molecule has 1 amide bonds. The average Bonchev–Trinajstić information content (AvgIpc) is 2.60. The molecule has 0 heterocycles. The Kier molecular flexibility index (Phi) is 6.50. The molecular formula is C18H18F3NO2S. The fraction of sp³-hybridized carbons (Fsp3) is 0.278. The van der Waals surface area contributed by atoms with Crippen molar-refractivity contribution in [2.45, 2.75) is 17.5 Å². The summed E-state index contributed by atoms with van der Waals surface area (Å²) < 4.78 is 39.9. The monoisotopic (exact) mass is 369 g/mol. The maximum atomic E-state index is 13.3. The maximum absolute atomic E-state index is 13.3. The van der Waals surface area contributed by atoms with Crippen LogP contribution in [0, 0.1) is 0 Å². The van der Waals surface area contributed by atoms with E-state index in [1.54, 1.807) is 6.07 Å². The van der Waals surface area contributed by atoms with Crippen LogP contribution < -0.4 is 5.32 Å². The first-order chi connectivity index (χ1) is 11.8. The first kappa shape index (κ1) is 19.3. The molecule has 0 fully saturated rings. The molecule has 134 valence electrons. The van der Waals surface area contributed by atoms with Crippen LogP contribution in [0.3, 0.4) is 0 Å². The summed E-state index contributed by atoms with van der Waals surface area (Å²) >= 11 is 1.29. The van der Waals surface area contributed by atoms with Gasteiger partial charge in [0.15, 0.2) is 0 Å². The molecule has 0 aliphatic rings. The second-order valence-electron chi connectivity index (χ2n) is 5.48. The van der Waals surface area contributed by atoms with Crippen molar-refractivity contribution in [1.82, 2.24) is 5.32 Å². The van der Waals surface area contributed by atoms with Gasteiger partial charge in [0.1, 0.15) is 0 Å². The second kappa shape index (κ2) is 8.40. The molecule has 0 unspecified atom stereocenters. The smallest absolute Gasteiger partial charge is 0.375 e. The van der Waals surface area contributed by atoms with Crippen LogP contribution in [-0.4, -0.2) is 29.5 Å². The Labute approximate surface area is 148 Å². The van der Waals surface area contributed by atoms with Crippen molar-refractivity contribution in [3.05, 3.63) is 71.8 Å². The molecule has 0 aliphatic heterocycles. The molecule has 2 rings (SSSR count). The highest BCUT2D eigenvalue weighted by Gasteiger charge is 2.55. The van der Waals surface area contributed by atoms with Crippen LogP contribution in [0.2, 0.25) is 0 Å². The van der Waals surface area contributed by atoms with Gasteiger partial charge >= 0.3 is 6.18 Å². The fourth-order valence-electron chi connectivity index (χ4n) is 2.19. The molecule has 1 atom stereocenters. The van der Waals surface area contributed by atoms with Crippen molar-refractivity contribution in [1.29, 1.82) is 0 Å². The zero-order chi connectivity index (χ0) is 18.3. The van der Waals surface area contributed by atoms with E-state index < -0.39 is 24.2 Å². The van der Waals surface area contributed by atoms with E-state index >= 15 is 0 Å². The Morgan fingerprint density at radius 3 is 2.12 bits per heavy atom. The molecule has 0 spiro atoms. The third kappa shape index (κ3) is 5.24. The van der Waals surface area contributed by atoms with E-state index in [1.807, 2.05) is 30.3 Å². The summed E-state index contributed by atoms with van der Waals surface area (Å²) in [7, 11) is 0. The predicted octanol–water partition coefficient (Wildman–Crippen LogP) is 3.49. The molecule has 0 saturated heterocycles. The molecule has 3 nitrogen and oxygen atoms in total. The van der Waals surface area contributed by atoms with E-state index in [0.717, 1.165) is 5.56 Å². The van der Waals surface area contributed by atoms with Crippen LogP contribution in [0.5, 0.6) is 0 Å². The Hall–Kier alpha value is -1.99. The number of aliphatic hydroxyl groups is 1. The largest absolute Gasteiger partial charge is 0.423 e. The summed E-state index contributed by atoms with van der Waals surface area (Å²) in [5.41, 5.74) is -2.40. The number of carbonyl (C=O) groups excluding carboxylic acids is 1. The van der Waals surface area contributed by atoms with Gasteiger partial charge < -0.3 is 10.4 Å². The molecule has 25 heavy (non-hydrogen) atoms. The molecule has 0 aromatic heterocycles. The first-order valence-electron chi connectivity index (χ1n) is 7.56. The van der Waals surface area contributed by atoms with Crippen molar-refractivity contribution in [3.8, 4) is 0 Å².